The minimum atomic E-state index is -1.74. The maximum absolute atomic E-state index is 12.1. The molecule has 1 unspecified atom stereocenters. The smallest absolute Gasteiger partial charge is 0.330 e. The number of hydrogen-bond donors (Lipinski definition) is 11. The number of amides is 1. The average Bonchev–Trinajstić information content (AvgIpc) is 3.23. The number of aliphatic hydroxyl groups is 8. The molecule has 1 aromatic heterocycles. The minimum Gasteiger partial charge on any atom is -0.394 e. The molecule has 0 radical (unpaired) electrons. The van der Waals surface area contributed by atoms with Crippen LogP contribution in [-0.2, 0) is 23.7 Å². The molecule has 0 spiro atoms. The van der Waals surface area contributed by atoms with Crippen molar-refractivity contribution in [2.45, 2.75) is 105 Å². The molecule has 4 heterocycles. The number of carbonyl (C=O) groups excluding carboxylic acids is 1. The molecule has 12 N–H and O–H groups in total. The van der Waals surface area contributed by atoms with Crippen molar-refractivity contribution in [2.75, 3.05) is 6.61 Å². The summed E-state index contributed by atoms with van der Waals surface area (Å²) in [5.41, 5.74) is 4.33. The first-order valence-electron chi connectivity index (χ1n) is 13.1. The van der Waals surface area contributed by atoms with Gasteiger partial charge in [0, 0.05) is 25.6 Å². The van der Waals surface area contributed by atoms with Gasteiger partial charge in [0.1, 0.15) is 54.9 Å². The highest BCUT2D eigenvalue weighted by Crippen LogP contribution is 2.34. The Labute approximate surface area is 236 Å². The van der Waals surface area contributed by atoms with Crippen LogP contribution in [0.5, 0.6) is 0 Å². The molecule has 1 aromatic rings. The van der Waals surface area contributed by atoms with Crippen LogP contribution in [0.4, 0.5) is 0 Å². The molecule has 0 bridgehead atoms. The molecule has 4 rings (SSSR count). The van der Waals surface area contributed by atoms with E-state index < -0.39 is 122 Å². The molecule has 3 aliphatic rings. The summed E-state index contributed by atoms with van der Waals surface area (Å²) in [5.74, 6) is -0.629. The monoisotopic (exact) mass is 608 g/mol. The number of aliphatic hydroxyl groups excluding tert-OH is 8. The molecule has 42 heavy (non-hydrogen) atoms. The molecule has 19 nitrogen and oxygen atoms in total. The molecule has 3 saturated heterocycles. The van der Waals surface area contributed by atoms with Crippen LogP contribution in [0.3, 0.4) is 0 Å². The fourth-order valence-electron chi connectivity index (χ4n) is 5.22. The van der Waals surface area contributed by atoms with Crippen LogP contribution < -0.4 is 22.3 Å². The zero-order valence-corrected chi connectivity index (χ0v) is 22.2. The van der Waals surface area contributed by atoms with Crippen molar-refractivity contribution in [2.24, 2.45) is 5.73 Å². The minimum absolute atomic E-state index is 0.534. The van der Waals surface area contributed by atoms with Crippen molar-refractivity contribution in [3.05, 3.63) is 33.1 Å². The van der Waals surface area contributed by atoms with E-state index in [-0.39, 0.29) is 0 Å². The van der Waals surface area contributed by atoms with E-state index in [1.54, 1.807) is 0 Å². The van der Waals surface area contributed by atoms with Crippen LogP contribution in [0.2, 0.25) is 0 Å². The zero-order chi connectivity index (χ0) is 31.0. The second-order valence-electron chi connectivity index (χ2n) is 10.5. The van der Waals surface area contributed by atoms with Gasteiger partial charge in [0.15, 0.2) is 18.8 Å². The SMILES string of the molecule is CC(=O)N[C@@H]1[C@H](O[C@H]2O[C@@H](CC(O)[C@@H]3O[C@H](n4ccc(=O)[nH]c4=O)[C@@H](O)[C@H]3O)[C@@H](O)[C@@H](O)[C@@H]2N)O[C@@H](CO)[C@H](O)[C@H]1O. The maximum Gasteiger partial charge on any atom is 0.330 e. The van der Waals surface area contributed by atoms with Crippen molar-refractivity contribution >= 4 is 5.91 Å². The molecule has 3 aliphatic heterocycles. The molecule has 1 amide bonds. The Bertz CT molecular complexity index is 1200. The molecule has 0 saturated carbocycles. The summed E-state index contributed by atoms with van der Waals surface area (Å²) in [4.78, 5) is 37.2. The molecule has 0 aromatic carbocycles. The van der Waals surface area contributed by atoms with Crippen molar-refractivity contribution in [1.29, 1.82) is 0 Å². The van der Waals surface area contributed by atoms with Crippen molar-refractivity contribution in [3.8, 4) is 0 Å². The van der Waals surface area contributed by atoms with E-state index in [1.165, 1.54) is 0 Å². The quantitative estimate of drug-likeness (QED) is 0.131. The number of aromatic nitrogens is 2. The number of hydrogen-bond acceptors (Lipinski definition) is 16. The molecular weight excluding hydrogens is 572 g/mol. The summed E-state index contributed by atoms with van der Waals surface area (Å²) in [6.45, 7) is 0.392. The fraction of sp³-hybridized carbons (Fsp3) is 0.783. The van der Waals surface area contributed by atoms with Crippen LogP contribution in [0.25, 0.3) is 0 Å². The first kappa shape index (κ1) is 32.5. The van der Waals surface area contributed by atoms with Crippen LogP contribution in [0.1, 0.15) is 19.6 Å². The molecule has 3 fully saturated rings. The standard InChI is InChI=1S/C23H36N4O15/c1-6(29)25-12-16(35)14(33)9(5-28)40-22(12)42-21-11(24)15(34)13(32)8(39-21)4-7(30)19-17(36)18(37)20(41-19)27-3-2-10(31)26-23(27)38/h2-3,7-9,11-22,28,30,32-37H,4-5,24H2,1H3,(H,25,29)(H,26,31,38)/t7?,8-,9-,11-,12-,13+,14-,15-,16-,17+,18-,19-,20-,21+,22-/m0/s1. The Morgan fingerprint density at radius 1 is 1.00 bits per heavy atom. The first-order valence-corrected chi connectivity index (χ1v) is 13.1. The van der Waals surface area contributed by atoms with E-state index in [9.17, 15) is 55.2 Å². The molecule has 0 aliphatic carbocycles. The van der Waals surface area contributed by atoms with Gasteiger partial charge in [-0.15, -0.1) is 0 Å². The van der Waals surface area contributed by atoms with Crippen molar-refractivity contribution < 1.29 is 64.6 Å². The highest BCUT2D eigenvalue weighted by molar-refractivity contribution is 5.73. The number of nitrogens with zero attached hydrogens (tertiary/aromatic N) is 1. The normalized spacial score (nSPS) is 43.2. The Hall–Kier alpha value is -2.37. The number of H-pyrrole nitrogens is 1. The fourth-order valence-corrected chi connectivity index (χ4v) is 5.22. The number of rotatable bonds is 8. The van der Waals surface area contributed by atoms with Crippen LogP contribution >= 0.6 is 0 Å². The summed E-state index contributed by atoms with van der Waals surface area (Å²) in [5, 5.41) is 85.6. The van der Waals surface area contributed by atoms with Gasteiger partial charge in [-0.25, -0.2) is 4.79 Å². The van der Waals surface area contributed by atoms with Crippen molar-refractivity contribution in [3.63, 3.8) is 0 Å². The number of ether oxygens (including phenoxy) is 4. The van der Waals surface area contributed by atoms with Gasteiger partial charge in [-0.2, -0.15) is 0 Å². The highest BCUT2D eigenvalue weighted by Gasteiger charge is 2.52. The van der Waals surface area contributed by atoms with Crippen molar-refractivity contribution in [1.82, 2.24) is 14.9 Å². The lowest BCUT2D eigenvalue weighted by Crippen LogP contribution is -2.68. The van der Waals surface area contributed by atoms with Gasteiger partial charge in [0.2, 0.25) is 5.91 Å². The maximum atomic E-state index is 12.1. The third kappa shape index (κ3) is 6.43. The number of nitrogens with one attached hydrogen (secondary N) is 2. The lowest BCUT2D eigenvalue weighted by atomic mass is 9.91. The van der Waals surface area contributed by atoms with Crippen LogP contribution in [-0.4, -0.2) is 149 Å². The summed E-state index contributed by atoms with van der Waals surface area (Å²) in [6, 6.07) is -1.82. The number of aromatic amines is 1. The third-order valence-electron chi connectivity index (χ3n) is 7.52. The molecule has 15 atom stereocenters. The predicted octanol–water partition coefficient (Wildman–Crippen LogP) is -7.36. The van der Waals surface area contributed by atoms with Crippen LogP contribution in [0.15, 0.2) is 21.9 Å². The van der Waals surface area contributed by atoms with Crippen LogP contribution in [0, 0.1) is 0 Å². The highest BCUT2D eigenvalue weighted by atomic mass is 16.8. The van der Waals surface area contributed by atoms with Gasteiger partial charge in [-0.1, -0.05) is 0 Å². The topological polar surface area (TPSA) is 309 Å². The largest absolute Gasteiger partial charge is 0.394 e. The second-order valence-corrected chi connectivity index (χ2v) is 10.5. The van der Waals surface area contributed by atoms with Gasteiger partial charge < -0.3 is 70.9 Å². The van der Waals surface area contributed by atoms with Gasteiger partial charge in [0.25, 0.3) is 5.56 Å². The Morgan fingerprint density at radius 3 is 2.26 bits per heavy atom. The van der Waals surface area contributed by atoms with Gasteiger partial charge in [0.05, 0.1) is 24.9 Å². The van der Waals surface area contributed by atoms with Gasteiger partial charge in [-0.3, -0.25) is 19.1 Å². The summed E-state index contributed by atoms with van der Waals surface area (Å²) in [7, 11) is 0. The Balaban J connectivity index is 1.48. The zero-order valence-electron chi connectivity index (χ0n) is 22.2. The first-order chi connectivity index (χ1) is 19.7. The lowest BCUT2D eigenvalue weighted by Gasteiger charge is -2.46. The molecule has 19 heteroatoms. The second kappa shape index (κ2) is 13.1. The molecule has 238 valence electrons. The third-order valence-corrected chi connectivity index (χ3v) is 7.52. The molecular formula is C23H36N4O15. The van der Waals surface area contributed by atoms with E-state index >= 15 is 0 Å². The predicted molar refractivity (Wildman–Crippen MR) is 133 cm³/mol. The van der Waals surface area contributed by atoms with Gasteiger partial charge >= 0.3 is 5.69 Å². The number of nitrogens with two attached hydrogens (primary N) is 1. The summed E-state index contributed by atoms with van der Waals surface area (Å²) in [6.07, 6.45) is -20.3. The van der Waals surface area contributed by atoms with E-state index in [4.69, 9.17) is 24.7 Å². The summed E-state index contributed by atoms with van der Waals surface area (Å²) >= 11 is 0. The average molecular weight is 609 g/mol. The summed E-state index contributed by atoms with van der Waals surface area (Å²) < 4.78 is 23.2. The number of carbonyl (C=O) groups is 1. The van der Waals surface area contributed by atoms with E-state index in [1.807, 2.05) is 4.98 Å². The lowest BCUT2D eigenvalue weighted by molar-refractivity contribution is -0.345. The Kier molecular flexibility index (Phi) is 10.1. The van der Waals surface area contributed by atoms with E-state index in [2.05, 4.69) is 5.32 Å². The van der Waals surface area contributed by atoms with E-state index in [0.29, 0.717) is 0 Å². The Morgan fingerprint density at radius 2 is 1.64 bits per heavy atom. The van der Waals surface area contributed by atoms with Gasteiger partial charge in [-0.05, 0) is 0 Å². The van der Waals surface area contributed by atoms with E-state index in [0.717, 1.165) is 23.8 Å².